The minimum Gasteiger partial charge on any atom is -0.379 e. The lowest BCUT2D eigenvalue weighted by Crippen LogP contribution is -2.14. The number of allylic oxidation sites excluding steroid dienone is 1. The van der Waals surface area contributed by atoms with Gasteiger partial charge in [0.05, 0.1) is 72.7 Å². The summed E-state index contributed by atoms with van der Waals surface area (Å²) in [5, 5.41) is 3.36. The molecular weight excluding hydrogens is 342 g/mol. The van der Waals surface area contributed by atoms with Crippen LogP contribution in [0.5, 0.6) is 0 Å². The largest absolute Gasteiger partial charge is 0.379 e. The summed E-state index contributed by atoms with van der Waals surface area (Å²) < 4.78 is 32.1. The van der Waals surface area contributed by atoms with Gasteiger partial charge in [0.15, 0.2) is 0 Å². The lowest BCUT2D eigenvalue weighted by Gasteiger charge is -2.08. The van der Waals surface area contributed by atoms with Crippen molar-refractivity contribution in [2.45, 2.75) is 12.8 Å². The van der Waals surface area contributed by atoms with Crippen LogP contribution < -0.4 is 0 Å². The Morgan fingerprint density at radius 2 is 1.04 bits per heavy atom. The molecule has 0 N–H and O–H groups in total. The van der Waals surface area contributed by atoms with Crippen molar-refractivity contribution in [2.75, 3.05) is 85.8 Å². The maximum atomic E-state index is 8.07. The monoisotopic (exact) mass is 375 g/mol. The molecule has 0 radical (unpaired) electrons. The minimum absolute atomic E-state index is 0.342. The van der Waals surface area contributed by atoms with Crippen molar-refractivity contribution in [3.63, 3.8) is 0 Å². The quantitative estimate of drug-likeness (QED) is 0.0946. The number of hydrogen-bond acceptors (Lipinski definition) is 7. The second-order valence-corrected chi connectivity index (χ2v) is 5.06. The van der Waals surface area contributed by atoms with E-state index < -0.39 is 0 Å². The number of unbranched alkanes of at least 4 members (excludes halogenated alkanes) is 1. The molecule has 0 saturated heterocycles. The molecule has 26 heavy (non-hydrogen) atoms. The van der Waals surface area contributed by atoms with E-state index >= 15 is 0 Å². The van der Waals surface area contributed by atoms with Crippen molar-refractivity contribution < 1.29 is 28.4 Å². The van der Waals surface area contributed by atoms with Gasteiger partial charge in [-0.3, -0.25) is 0 Å². The summed E-state index contributed by atoms with van der Waals surface area (Å²) in [5.41, 5.74) is 8.07. The van der Waals surface area contributed by atoms with Gasteiger partial charge in [0.25, 0.3) is 0 Å². The van der Waals surface area contributed by atoms with Gasteiger partial charge in [0, 0.05) is 18.1 Å². The van der Waals surface area contributed by atoms with Crippen LogP contribution >= 0.6 is 0 Å². The van der Waals surface area contributed by atoms with E-state index in [1.54, 1.807) is 0 Å². The van der Waals surface area contributed by atoms with Crippen LogP contribution in [0.25, 0.3) is 10.4 Å². The fraction of sp³-hybridized carbons (Fsp3) is 0.882. The van der Waals surface area contributed by atoms with Gasteiger partial charge < -0.3 is 28.4 Å². The zero-order valence-corrected chi connectivity index (χ0v) is 15.7. The molecular formula is C17H33N3O6. The molecule has 0 spiro atoms. The van der Waals surface area contributed by atoms with Crippen LogP contribution in [0.3, 0.4) is 0 Å². The summed E-state index contributed by atoms with van der Waals surface area (Å²) in [6, 6.07) is 0. The Hall–Kier alpha value is -1.19. The van der Waals surface area contributed by atoms with Crippen molar-refractivity contribution in [3.8, 4) is 0 Å². The van der Waals surface area contributed by atoms with Crippen LogP contribution in [0.2, 0.25) is 0 Å². The van der Waals surface area contributed by atoms with E-state index in [4.69, 9.17) is 34.0 Å². The number of azide groups is 1. The smallest absolute Gasteiger partial charge is 0.0701 e. The van der Waals surface area contributed by atoms with Crippen LogP contribution in [0.4, 0.5) is 0 Å². The molecule has 0 aromatic heterocycles. The molecule has 0 amide bonds. The average Bonchev–Trinajstić information content (AvgIpc) is 2.66. The molecule has 0 rings (SSSR count). The van der Waals surface area contributed by atoms with Crippen LogP contribution in [0.1, 0.15) is 12.8 Å². The second kappa shape index (κ2) is 23.8. The molecule has 0 aliphatic heterocycles. The Balaban J connectivity index is 2.98. The topological polar surface area (TPSA) is 104 Å². The van der Waals surface area contributed by atoms with Gasteiger partial charge >= 0.3 is 0 Å². The standard InChI is InChI=1S/C17H33N3O6/c1-2-3-4-6-21-8-10-23-12-14-25-16-17-26-15-13-24-11-9-22-7-5-19-20-18/h2H,1,3-17H2. The molecule has 0 aliphatic carbocycles. The summed E-state index contributed by atoms with van der Waals surface area (Å²) in [6.45, 7) is 10.5. The summed E-state index contributed by atoms with van der Waals surface area (Å²) in [5.74, 6) is 0. The Kier molecular flexibility index (Phi) is 22.7. The van der Waals surface area contributed by atoms with Crippen molar-refractivity contribution in [1.82, 2.24) is 0 Å². The van der Waals surface area contributed by atoms with E-state index in [0.29, 0.717) is 79.2 Å². The fourth-order valence-corrected chi connectivity index (χ4v) is 1.68. The Morgan fingerprint density at radius 1 is 0.654 bits per heavy atom. The normalized spacial score (nSPS) is 10.6. The first-order valence-electron chi connectivity index (χ1n) is 9.00. The molecule has 0 aromatic carbocycles. The highest BCUT2D eigenvalue weighted by atomic mass is 16.6. The number of rotatable bonds is 22. The van der Waals surface area contributed by atoms with Crippen molar-refractivity contribution in [3.05, 3.63) is 23.1 Å². The van der Waals surface area contributed by atoms with E-state index in [-0.39, 0.29) is 0 Å². The zero-order valence-electron chi connectivity index (χ0n) is 15.7. The first kappa shape index (κ1) is 24.8. The van der Waals surface area contributed by atoms with E-state index in [2.05, 4.69) is 16.6 Å². The first-order chi connectivity index (χ1) is 12.9. The molecule has 9 nitrogen and oxygen atoms in total. The molecule has 9 heteroatoms. The molecule has 0 aromatic rings. The average molecular weight is 375 g/mol. The zero-order chi connectivity index (χ0) is 19.0. The van der Waals surface area contributed by atoms with Crippen molar-refractivity contribution in [1.29, 1.82) is 0 Å². The van der Waals surface area contributed by atoms with Gasteiger partial charge in [0.2, 0.25) is 0 Å². The van der Waals surface area contributed by atoms with E-state index in [0.717, 1.165) is 19.4 Å². The van der Waals surface area contributed by atoms with E-state index in [9.17, 15) is 0 Å². The van der Waals surface area contributed by atoms with Gasteiger partial charge in [-0.1, -0.05) is 11.2 Å². The number of hydrogen-bond donors (Lipinski definition) is 0. The fourth-order valence-electron chi connectivity index (χ4n) is 1.68. The van der Waals surface area contributed by atoms with E-state index in [1.807, 2.05) is 6.08 Å². The van der Waals surface area contributed by atoms with Gasteiger partial charge in [-0.2, -0.15) is 0 Å². The SMILES string of the molecule is C=CCCCOCCOCCOCCOCCOCCOCCN=[N+]=[N-]. The van der Waals surface area contributed by atoms with Crippen LogP contribution in [-0.2, 0) is 28.4 Å². The summed E-state index contributed by atoms with van der Waals surface area (Å²) in [7, 11) is 0. The molecule has 0 fully saturated rings. The van der Waals surface area contributed by atoms with Gasteiger partial charge in [0.1, 0.15) is 0 Å². The summed E-state index contributed by atoms with van der Waals surface area (Å²) in [4.78, 5) is 2.63. The first-order valence-corrected chi connectivity index (χ1v) is 9.00. The molecule has 0 aliphatic rings. The maximum absolute atomic E-state index is 8.07. The third-order valence-electron chi connectivity index (χ3n) is 2.96. The molecule has 152 valence electrons. The highest BCUT2D eigenvalue weighted by Crippen LogP contribution is 1.90. The minimum atomic E-state index is 0.342. The van der Waals surface area contributed by atoms with Crippen LogP contribution in [0.15, 0.2) is 17.8 Å². The Morgan fingerprint density at radius 3 is 1.42 bits per heavy atom. The Labute approximate surface area is 156 Å². The van der Waals surface area contributed by atoms with Gasteiger partial charge in [-0.05, 0) is 18.4 Å². The van der Waals surface area contributed by atoms with Gasteiger partial charge in [-0.15, -0.1) is 6.58 Å². The second-order valence-electron chi connectivity index (χ2n) is 5.06. The predicted octanol–water partition coefficient (Wildman–Crippen LogP) is 2.36. The highest BCUT2D eigenvalue weighted by Gasteiger charge is 1.94. The van der Waals surface area contributed by atoms with Crippen molar-refractivity contribution in [2.24, 2.45) is 5.11 Å². The maximum Gasteiger partial charge on any atom is 0.0701 e. The van der Waals surface area contributed by atoms with Crippen LogP contribution in [-0.4, -0.2) is 85.8 Å². The predicted molar refractivity (Wildman–Crippen MR) is 98.4 cm³/mol. The molecule has 0 unspecified atom stereocenters. The Bertz CT molecular complexity index is 340. The van der Waals surface area contributed by atoms with E-state index in [1.165, 1.54) is 0 Å². The highest BCUT2D eigenvalue weighted by molar-refractivity contribution is 4.64. The number of nitrogens with zero attached hydrogens (tertiary/aromatic N) is 3. The summed E-state index contributed by atoms with van der Waals surface area (Å²) in [6.07, 6.45) is 3.88. The lowest BCUT2D eigenvalue weighted by molar-refractivity contribution is -0.0164. The third-order valence-corrected chi connectivity index (χ3v) is 2.96. The van der Waals surface area contributed by atoms with Crippen molar-refractivity contribution >= 4 is 0 Å². The van der Waals surface area contributed by atoms with Gasteiger partial charge in [-0.25, -0.2) is 0 Å². The molecule has 0 heterocycles. The summed E-state index contributed by atoms with van der Waals surface area (Å²) >= 11 is 0. The third kappa shape index (κ3) is 22.8. The number of ether oxygens (including phenoxy) is 6. The molecule has 0 bridgehead atoms. The lowest BCUT2D eigenvalue weighted by atomic mass is 10.3. The molecule has 0 atom stereocenters. The molecule has 0 saturated carbocycles. The van der Waals surface area contributed by atoms with Crippen LogP contribution in [0, 0.1) is 0 Å².